The first-order valence-corrected chi connectivity index (χ1v) is 10.1. The topological polar surface area (TPSA) is 40.6 Å². The third kappa shape index (κ3) is 4.31. The Labute approximate surface area is 162 Å². The summed E-state index contributed by atoms with van der Waals surface area (Å²) in [5, 5.41) is 3.07. The van der Waals surface area contributed by atoms with Gasteiger partial charge in [0.2, 0.25) is 0 Å². The molecule has 0 aliphatic carbocycles. The van der Waals surface area contributed by atoms with Crippen LogP contribution in [0.1, 0.15) is 12.6 Å². The minimum Gasteiger partial charge on any atom is -0.496 e. The van der Waals surface area contributed by atoms with E-state index in [-0.39, 0.29) is 0 Å². The summed E-state index contributed by atoms with van der Waals surface area (Å²) in [5.74, 6) is 3.17. The highest BCUT2D eigenvalue weighted by atomic mass is 32.2. The summed E-state index contributed by atoms with van der Waals surface area (Å²) in [4.78, 5) is 5.88. The van der Waals surface area contributed by atoms with Crippen molar-refractivity contribution >= 4 is 23.1 Å². The van der Waals surface area contributed by atoms with E-state index >= 15 is 0 Å². The summed E-state index contributed by atoms with van der Waals surface area (Å²) in [5.41, 5.74) is 2.08. The van der Waals surface area contributed by atoms with Gasteiger partial charge in [0, 0.05) is 21.6 Å². The van der Waals surface area contributed by atoms with E-state index in [1.165, 1.54) is 0 Å². The highest BCUT2D eigenvalue weighted by Gasteiger charge is 2.11. The Kier molecular flexibility index (Phi) is 6.41. The molecular formula is C20H21NO3S2. The van der Waals surface area contributed by atoms with Crippen molar-refractivity contribution in [3.8, 4) is 27.8 Å². The molecule has 136 valence electrons. The predicted octanol–water partition coefficient (Wildman–Crippen LogP) is 5.52. The van der Waals surface area contributed by atoms with Crippen LogP contribution in [-0.4, -0.2) is 25.8 Å². The van der Waals surface area contributed by atoms with Crippen molar-refractivity contribution in [2.45, 2.75) is 17.6 Å². The number of nitrogens with zero attached hydrogens (tertiary/aromatic N) is 1. The number of para-hydroxylation sites is 1. The average molecular weight is 388 g/mol. The third-order valence-electron chi connectivity index (χ3n) is 3.71. The third-order valence-corrected chi connectivity index (χ3v) is 5.74. The van der Waals surface area contributed by atoms with Gasteiger partial charge in [0.1, 0.15) is 10.8 Å². The molecule has 2 aromatic carbocycles. The van der Waals surface area contributed by atoms with Gasteiger partial charge >= 0.3 is 0 Å². The van der Waals surface area contributed by atoms with E-state index < -0.39 is 0 Å². The lowest BCUT2D eigenvalue weighted by atomic mass is 10.2. The number of aromatic nitrogens is 1. The zero-order valence-electron chi connectivity index (χ0n) is 15.0. The molecule has 4 nitrogen and oxygen atoms in total. The maximum Gasteiger partial charge on any atom is 0.161 e. The molecule has 1 heterocycles. The Morgan fingerprint density at radius 3 is 2.58 bits per heavy atom. The maximum atomic E-state index is 5.58. The molecule has 0 bridgehead atoms. The summed E-state index contributed by atoms with van der Waals surface area (Å²) in [7, 11) is 3.35. The number of rotatable bonds is 8. The van der Waals surface area contributed by atoms with Crippen molar-refractivity contribution in [3.63, 3.8) is 0 Å². The quantitative estimate of drug-likeness (QED) is 0.476. The SMILES string of the molecule is CCOc1ccc(-c2nc(CSc3ccccc3OC)cs2)cc1OC. The van der Waals surface area contributed by atoms with Crippen molar-refractivity contribution in [1.29, 1.82) is 0 Å². The number of ether oxygens (including phenoxy) is 3. The summed E-state index contributed by atoms with van der Waals surface area (Å²) >= 11 is 3.36. The van der Waals surface area contributed by atoms with Gasteiger partial charge in [-0.05, 0) is 37.3 Å². The molecule has 6 heteroatoms. The maximum absolute atomic E-state index is 5.58. The number of hydrogen-bond acceptors (Lipinski definition) is 6. The molecule has 0 amide bonds. The molecular weight excluding hydrogens is 366 g/mol. The predicted molar refractivity (Wildman–Crippen MR) is 108 cm³/mol. The first-order valence-electron chi connectivity index (χ1n) is 8.26. The molecule has 0 aliphatic heterocycles. The van der Waals surface area contributed by atoms with E-state index in [1.54, 1.807) is 37.3 Å². The normalized spacial score (nSPS) is 10.6. The first-order chi connectivity index (χ1) is 12.7. The summed E-state index contributed by atoms with van der Waals surface area (Å²) in [6, 6.07) is 14.0. The number of hydrogen-bond donors (Lipinski definition) is 0. The molecule has 0 saturated carbocycles. The fourth-order valence-electron chi connectivity index (χ4n) is 2.47. The Hall–Kier alpha value is -2.18. The molecule has 1 aromatic heterocycles. The molecule has 0 saturated heterocycles. The van der Waals surface area contributed by atoms with Crippen molar-refractivity contribution < 1.29 is 14.2 Å². The van der Waals surface area contributed by atoms with Gasteiger partial charge in [0.25, 0.3) is 0 Å². The van der Waals surface area contributed by atoms with E-state index in [4.69, 9.17) is 19.2 Å². The standard InChI is InChI=1S/C20H21NO3S2/c1-4-24-16-10-9-14(11-18(16)23-3)20-21-15(13-26-20)12-25-19-8-6-5-7-17(19)22-2/h5-11,13H,4,12H2,1-3H3. The Morgan fingerprint density at radius 1 is 1.00 bits per heavy atom. The highest BCUT2D eigenvalue weighted by Crippen LogP contribution is 2.35. The molecule has 0 N–H and O–H groups in total. The van der Waals surface area contributed by atoms with Crippen LogP contribution in [0.15, 0.2) is 52.7 Å². The van der Waals surface area contributed by atoms with Crippen LogP contribution in [0, 0.1) is 0 Å². The van der Waals surface area contributed by atoms with Crippen molar-refractivity contribution in [2.75, 3.05) is 20.8 Å². The van der Waals surface area contributed by atoms with Gasteiger partial charge in [-0.1, -0.05) is 12.1 Å². The zero-order valence-corrected chi connectivity index (χ0v) is 16.7. The Balaban J connectivity index is 1.73. The number of thioether (sulfide) groups is 1. The van der Waals surface area contributed by atoms with Gasteiger partial charge in [0.05, 0.1) is 26.5 Å². The van der Waals surface area contributed by atoms with Gasteiger partial charge in [-0.3, -0.25) is 0 Å². The monoisotopic (exact) mass is 387 g/mol. The summed E-state index contributed by atoms with van der Waals surface area (Å²) in [6.07, 6.45) is 0. The second kappa shape index (κ2) is 8.96. The summed E-state index contributed by atoms with van der Waals surface area (Å²) < 4.78 is 16.4. The number of benzene rings is 2. The molecule has 0 atom stereocenters. The number of methoxy groups -OCH3 is 2. The lowest BCUT2D eigenvalue weighted by Crippen LogP contribution is -1.95. The van der Waals surface area contributed by atoms with Crippen LogP contribution in [0.5, 0.6) is 17.2 Å². The fraction of sp³-hybridized carbons (Fsp3) is 0.250. The second-order valence-electron chi connectivity index (χ2n) is 5.38. The van der Waals surface area contributed by atoms with Gasteiger partial charge < -0.3 is 14.2 Å². The second-order valence-corrected chi connectivity index (χ2v) is 7.26. The summed E-state index contributed by atoms with van der Waals surface area (Å²) in [6.45, 7) is 2.57. The van der Waals surface area contributed by atoms with Crippen LogP contribution >= 0.6 is 23.1 Å². The molecule has 0 unspecified atom stereocenters. The van der Waals surface area contributed by atoms with Crippen molar-refractivity contribution in [2.24, 2.45) is 0 Å². The fourth-order valence-corrected chi connectivity index (χ4v) is 4.31. The van der Waals surface area contributed by atoms with Gasteiger partial charge in [-0.25, -0.2) is 4.98 Å². The van der Waals surface area contributed by atoms with Gasteiger partial charge in [-0.15, -0.1) is 23.1 Å². The highest BCUT2D eigenvalue weighted by molar-refractivity contribution is 7.98. The Bertz CT molecular complexity index is 864. The largest absolute Gasteiger partial charge is 0.496 e. The van der Waals surface area contributed by atoms with Crippen LogP contribution < -0.4 is 14.2 Å². The van der Waals surface area contributed by atoms with Gasteiger partial charge in [-0.2, -0.15) is 0 Å². The molecule has 3 aromatic rings. The van der Waals surface area contributed by atoms with Crippen molar-refractivity contribution in [3.05, 3.63) is 53.5 Å². The van der Waals surface area contributed by atoms with E-state index in [0.29, 0.717) is 6.61 Å². The molecule has 3 rings (SSSR count). The minimum atomic E-state index is 0.608. The first kappa shape index (κ1) is 18.6. The lowest BCUT2D eigenvalue weighted by Gasteiger charge is -2.10. The van der Waals surface area contributed by atoms with E-state index in [2.05, 4.69) is 11.4 Å². The average Bonchev–Trinajstić information content (AvgIpc) is 3.16. The number of thiazole rings is 1. The molecule has 0 spiro atoms. The molecule has 0 fully saturated rings. The van der Waals surface area contributed by atoms with Crippen LogP contribution in [0.4, 0.5) is 0 Å². The zero-order chi connectivity index (χ0) is 18.4. The van der Waals surface area contributed by atoms with E-state index in [1.807, 2.05) is 43.3 Å². The molecule has 0 radical (unpaired) electrons. The minimum absolute atomic E-state index is 0.608. The van der Waals surface area contributed by atoms with Crippen LogP contribution in [0.25, 0.3) is 10.6 Å². The van der Waals surface area contributed by atoms with Crippen LogP contribution in [0.2, 0.25) is 0 Å². The smallest absolute Gasteiger partial charge is 0.161 e. The Morgan fingerprint density at radius 2 is 1.81 bits per heavy atom. The molecule has 0 aliphatic rings. The lowest BCUT2D eigenvalue weighted by molar-refractivity contribution is 0.311. The van der Waals surface area contributed by atoms with Crippen LogP contribution in [0.3, 0.4) is 0 Å². The van der Waals surface area contributed by atoms with Crippen LogP contribution in [-0.2, 0) is 5.75 Å². The van der Waals surface area contributed by atoms with E-state index in [9.17, 15) is 0 Å². The van der Waals surface area contributed by atoms with E-state index in [0.717, 1.165) is 44.2 Å². The van der Waals surface area contributed by atoms with Gasteiger partial charge in [0.15, 0.2) is 11.5 Å². The van der Waals surface area contributed by atoms with Crippen molar-refractivity contribution in [1.82, 2.24) is 4.98 Å². The molecule has 26 heavy (non-hydrogen) atoms.